The van der Waals surface area contributed by atoms with Crippen LogP contribution in [0.25, 0.3) is 11.0 Å². The minimum absolute atomic E-state index is 0.380. The second kappa shape index (κ2) is 7.21. The van der Waals surface area contributed by atoms with Crippen molar-refractivity contribution >= 4 is 22.3 Å². The van der Waals surface area contributed by atoms with Gasteiger partial charge in [0.15, 0.2) is 0 Å². The minimum atomic E-state index is -0.380. The second-order valence-corrected chi connectivity index (χ2v) is 5.74. The third-order valence-corrected chi connectivity index (χ3v) is 3.95. The number of ether oxygens (including phenoxy) is 1. The van der Waals surface area contributed by atoms with Crippen molar-refractivity contribution in [2.75, 3.05) is 11.9 Å². The topological polar surface area (TPSA) is 51.5 Å². The molecule has 0 saturated heterocycles. The molecule has 0 aliphatic heterocycles. The molecule has 0 amide bonds. The molecule has 3 aromatic rings. The maximum absolute atomic E-state index is 12.4. The van der Waals surface area contributed by atoms with Gasteiger partial charge in [-0.15, -0.1) is 0 Å². The van der Waals surface area contributed by atoms with E-state index in [9.17, 15) is 4.79 Å². The highest BCUT2D eigenvalue weighted by Crippen LogP contribution is 2.27. The van der Waals surface area contributed by atoms with Crippen molar-refractivity contribution in [2.24, 2.45) is 0 Å². The summed E-state index contributed by atoms with van der Waals surface area (Å²) in [6.45, 7) is 4.70. The molecule has 1 heterocycles. The summed E-state index contributed by atoms with van der Waals surface area (Å²) in [5.41, 5.74) is 2.35. The van der Waals surface area contributed by atoms with Gasteiger partial charge in [0.25, 0.3) is 0 Å². The zero-order valence-electron chi connectivity index (χ0n) is 14.0. The molecule has 24 heavy (non-hydrogen) atoms. The van der Waals surface area contributed by atoms with Crippen molar-refractivity contribution in [3.8, 4) is 5.75 Å². The molecule has 0 unspecified atom stereocenters. The first-order chi connectivity index (χ1) is 11.7. The van der Waals surface area contributed by atoms with Gasteiger partial charge >= 0.3 is 5.63 Å². The molecular formula is C20H21NO3. The summed E-state index contributed by atoms with van der Waals surface area (Å²) in [4.78, 5) is 12.4. The molecule has 0 bridgehead atoms. The van der Waals surface area contributed by atoms with Crippen molar-refractivity contribution in [3.05, 3.63) is 64.5 Å². The van der Waals surface area contributed by atoms with Crippen LogP contribution < -0.4 is 15.7 Å². The Morgan fingerprint density at radius 1 is 1.12 bits per heavy atom. The van der Waals surface area contributed by atoms with Gasteiger partial charge in [0, 0.05) is 17.1 Å². The largest absolute Gasteiger partial charge is 0.493 e. The van der Waals surface area contributed by atoms with E-state index in [4.69, 9.17) is 9.15 Å². The van der Waals surface area contributed by atoms with Crippen LogP contribution in [0.4, 0.5) is 11.4 Å². The average molecular weight is 323 g/mol. The van der Waals surface area contributed by atoms with Gasteiger partial charge in [-0.25, -0.2) is 4.79 Å². The summed E-state index contributed by atoms with van der Waals surface area (Å²) in [5.74, 6) is 0.724. The molecule has 2 aromatic carbocycles. The van der Waals surface area contributed by atoms with Crippen LogP contribution in [-0.2, 0) is 0 Å². The molecule has 0 atom stereocenters. The fourth-order valence-corrected chi connectivity index (χ4v) is 2.57. The lowest BCUT2D eigenvalue weighted by molar-refractivity contribution is 0.309. The molecular weight excluding hydrogens is 302 g/mol. The number of benzene rings is 2. The van der Waals surface area contributed by atoms with Gasteiger partial charge in [0.05, 0.1) is 6.61 Å². The highest BCUT2D eigenvalue weighted by atomic mass is 16.5. The number of hydrogen-bond donors (Lipinski definition) is 1. The fourth-order valence-electron chi connectivity index (χ4n) is 2.57. The maximum Gasteiger partial charge on any atom is 0.360 e. The minimum Gasteiger partial charge on any atom is -0.493 e. The zero-order valence-corrected chi connectivity index (χ0v) is 14.0. The Labute approximate surface area is 141 Å². The van der Waals surface area contributed by atoms with Crippen molar-refractivity contribution in [2.45, 2.75) is 26.7 Å². The van der Waals surface area contributed by atoms with Crippen LogP contribution in [0.1, 0.15) is 25.3 Å². The van der Waals surface area contributed by atoms with Gasteiger partial charge in [0.2, 0.25) is 0 Å². The highest BCUT2D eigenvalue weighted by molar-refractivity contribution is 5.86. The zero-order chi connectivity index (χ0) is 16.9. The van der Waals surface area contributed by atoms with Crippen LogP contribution >= 0.6 is 0 Å². The van der Waals surface area contributed by atoms with Gasteiger partial charge < -0.3 is 14.5 Å². The quantitative estimate of drug-likeness (QED) is 0.511. The van der Waals surface area contributed by atoms with E-state index in [1.165, 1.54) is 0 Å². The third-order valence-electron chi connectivity index (χ3n) is 3.95. The molecule has 4 heteroatoms. The van der Waals surface area contributed by atoms with Crippen molar-refractivity contribution in [1.82, 2.24) is 0 Å². The summed E-state index contributed by atoms with van der Waals surface area (Å²) < 4.78 is 11.2. The first-order valence-corrected chi connectivity index (χ1v) is 8.21. The molecule has 0 fully saturated rings. The third kappa shape index (κ3) is 3.43. The van der Waals surface area contributed by atoms with E-state index in [1.54, 1.807) is 6.07 Å². The smallest absolute Gasteiger partial charge is 0.360 e. The number of anilines is 2. The van der Waals surface area contributed by atoms with Crippen molar-refractivity contribution < 1.29 is 9.15 Å². The Kier molecular flexibility index (Phi) is 4.85. The summed E-state index contributed by atoms with van der Waals surface area (Å²) >= 11 is 0. The normalized spacial score (nSPS) is 10.8. The van der Waals surface area contributed by atoms with E-state index >= 15 is 0 Å². The molecule has 1 aromatic heterocycles. The highest BCUT2D eigenvalue weighted by Gasteiger charge is 2.12. The lowest BCUT2D eigenvalue weighted by Crippen LogP contribution is -2.09. The van der Waals surface area contributed by atoms with E-state index in [2.05, 4.69) is 12.2 Å². The molecule has 0 radical (unpaired) electrons. The number of para-hydroxylation sites is 1. The molecule has 3 rings (SSSR count). The molecule has 4 nitrogen and oxygen atoms in total. The number of unbranched alkanes of at least 4 members (excludes halogenated alkanes) is 1. The van der Waals surface area contributed by atoms with Gasteiger partial charge in [0.1, 0.15) is 17.0 Å². The van der Waals surface area contributed by atoms with Crippen LogP contribution in [-0.4, -0.2) is 6.61 Å². The fraction of sp³-hybridized carbons (Fsp3) is 0.250. The summed E-state index contributed by atoms with van der Waals surface area (Å²) in [6, 6.07) is 15.2. The predicted molar refractivity (Wildman–Crippen MR) is 97.3 cm³/mol. The van der Waals surface area contributed by atoms with Crippen LogP contribution in [0, 0.1) is 6.92 Å². The first-order valence-electron chi connectivity index (χ1n) is 8.21. The van der Waals surface area contributed by atoms with E-state index < -0.39 is 0 Å². The Hall–Kier alpha value is -2.75. The molecule has 124 valence electrons. The van der Waals surface area contributed by atoms with Gasteiger partial charge in [-0.3, -0.25) is 0 Å². The standard InChI is InChI=1S/C20H21NO3/c1-3-4-12-23-16-10-11-17-14(2)19(20(22)24-18(17)13-16)21-15-8-6-5-7-9-15/h5-11,13,21H,3-4,12H2,1-2H3. The van der Waals surface area contributed by atoms with Crippen LogP contribution in [0.3, 0.4) is 0 Å². The van der Waals surface area contributed by atoms with E-state index in [-0.39, 0.29) is 5.63 Å². The molecule has 0 aliphatic carbocycles. The van der Waals surface area contributed by atoms with Crippen molar-refractivity contribution in [1.29, 1.82) is 0 Å². The second-order valence-electron chi connectivity index (χ2n) is 5.74. The Morgan fingerprint density at radius 3 is 2.67 bits per heavy atom. The molecule has 1 N–H and O–H groups in total. The van der Waals surface area contributed by atoms with E-state index in [1.807, 2.05) is 49.4 Å². The lowest BCUT2D eigenvalue weighted by atomic mass is 10.1. The van der Waals surface area contributed by atoms with Gasteiger partial charge in [-0.2, -0.15) is 0 Å². The van der Waals surface area contributed by atoms with Crippen LogP contribution in [0.2, 0.25) is 0 Å². The lowest BCUT2D eigenvalue weighted by Gasteiger charge is -2.11. The average Bonchev–Trinajstić information content (AvgIpc) is 2.59. The maximum atomic E-state index is 12.4. The predicted octanol–water partition coefficient (Wildman–Crippen LogP) is 5.02. The molecule has 0 spiro atoms. The Bertz CT molecular complexity index is 885. The van der Waals surface area contributed by atoms with E-state index in [0.717, 1.165) is 35.2 Å². The number of fused-ring (bicyclic) bond motifs is 1. The van der Waals surface area contributed by atoms with Crippen molar-refractivity contribution in [3.63, 3.8) is 0 Å². The van der Waals surface area contributed by atoms with E-state index in [0.29, 0.717) is 17.9 Å². The number of hydrogen-bond acceptors (Lipinski definition) is 4. The Morgan fingerprint density at radius 2 is 1.92 bits per heavy atom. The summed E-state index contributed by atoms with van der Waals surface area (Å²) in [7, 11) is 0. The SMILES string of the molecule is CCCCOc1ccc2c(C)c(Nc3ccccc3)c(=O)oc2c1. The molecule has 0 saturated carbocycles. The first kappa shape index (κ1) is 16.1. The number of rotatable bonds is 6. The van der Waals surface area contributed by atoms with Crippen LogP contribution in [0.5, 0.6) is 5.75 Å². The Balaban J connectivity index is 1.95. The monoisotopic (exact) mass is 323 g/mol. The molecule has 0 aliphatic rings. The van der Waals surface area contributed by atoms with Gasteiger partial charge in [-0.05, 0) is 43.2 Å². The summed E-state index contributed by atoms with van der Waals surface area (Å²) in [6.07, 6.45) is 2.08. The summed E-state index contributed by atoms with van der Waals surface area (Å²) in [5, 5.41) is 4.05. The van der Waals surface area contributed by atoms with Crippen LogP contribution in [0.15, 0.2) is 57.7 Å². The van der Waals surface area contributed by atoms with Gasteiger partial charge in [-0.1, -0.05) is 31.5 Å². The number of aryl methyl sites for hydroxylation is 1. The number of nitrogens with one attached hydrogen (secondary N) is 1.